The van der Waals surface area contributed by atoms with Gasteiger partial charge in [-0.3, -0.25) is 9.59 Å². The molecule has 7 heteroatoms. The summed E-state index contributed by atoms with van der Waals surface area (Å²) in [5, 5.41) is 4.04. The van der Waals surface area contributed by atoms with Gasteiger partial charge in [0.1, 0.15) is 11.5 Å². The predicted octanol–water partition coefficient (Wildman–Crippen LogP) is 2.71. The van der Waals surface area contributed by atoms with Crippen molar-refractivity contribution in [2.24, 2.45) is 11.0 Å². The van der Waals surface area contributed by atoms with Crippen molar-refractivity contribution in [3.8, 4) is 11.5 Å². The molecule has 7 nitrogen and oxygen atoms in total. The second-order valence-corrected chi connectivity index (χ2v) is 6.81. The molecular formula is C22H25N3O4. The lowest BCUT2D eigenvalue weighted by Gasteiger charge is -2.31. The van der Waals surface area contributed by atoms with Gasteiger partial charge in [0.05, 0.1) is 20.4 Å². The summed E-state index contributed by atoms with van der Waals surface area (Å²) in [7, 11) is 3.19. The molecule has 29 heavy (non-hydrogen) atoms. The highest BCUT2D eigenvalue weighted by Crippen LogP contribution is 2.20. The number of ether oxygens (including phenoxy) is 2. The Balaban J connectivity index is 1.48. The lowest BCUT2D eigenvalue weighted by molar-refractivity contribution is -0.126. The molecule has 1 fully saturated rings. The van der Waals surface area contributed by atoms with E-state index in [0.717, 1.165) is 11.3 Å². The number of hydrogen-bond donors (Lipinski definition) is 1. The van der Waals surface area contributed by atoms with E-state index in [0.29, 0.717) is 37.2 Å². The van der Waals surface area contributed by atoms with Gasteiger partial charge in [-0.25, -0.2) is 5.43 Å². The van der Waals surface area contributed by atoms with Crippen molar-refractivity contribution in [1.82, 2.24) is 10.3 Å². The molecule has 1 aliphatic rings. The van der Waals surface area contributed by atoms with Crippen molar-refractivity contribution in [1.29, 1.82) is 0 Å². The van der Waals surface area contributed by atoms with Crippen LogP contribution >= 0.6 is 0 Å². The second-order valence-electron chi connectivity index (χ2n) is 6.81. The van der Waals surface area contributed by atoms with Crippen LogP contribution in [-0.4, -0.2) is 50.2 Å². The number of carbonyl (C=O) groups is 2. The largest absolute Gasteiger partial charge is 0.497 e. The van der Waals surface area contributed by atoms with Crippen molar-refractivity contribution in [2.45, 2.75) is 12.8 Å². The van der Waals surface area contributed by atoms with Crippen molar-refractivity contribution in [3.63, 3.8) is 0 Å². The number of benzene rings is 2. The first-order chi connectivity index (χ1) is 14.1. The Labute approximate surface area is 170 Å². The van der Waals surface area contributed by atoms with Gasteiger partial charge in [0.2, 0.25) is 5.91 Å². The molecule has 2 aromatic carbocycles. The predicted molar refractivity (Wildman–Crippen MR) is 110 cm³/mol. The van der Waals surface area contributed by atoms with Crippen LogP contribution in [0.25, 0.3) is 0 Å². The lowest BCUT2D eigenvalue weighted by Crippen LogP contribution is -2.42. The smallest absolute Gasteiger partial charge is 0.253 e. The van der Waals surface area contributed by atoms with Crippen LogP contribution < -0.4 is 14.9 Å². The van der Waals surface area contributed by atoms with Crippen LogP contribution in [0, 0.1) is 5.92 Å². The summed E-state index contributed by atoms with van der Waals surface area (Å²) >= 11 is 0. The average Bonchev–Trinajstić information content (AvgIpc) is 2.79. The quantitative estimate of drug-likeness (QED) is 0.602. The zero-order valence-corrected chi connectivity index (χ0v) is 16.6. The Morgan fingerprint density at radius 1 is 1.03 bits per heavy atom. The number of nitrogens with zero attached hydrogens (tertiary/aromatic N) is 2. The van der Waals surface area contributed by atoms with Gasteiger partial charge in [0.15, 0.2) is 0 Å². The number of methoxy groups -OCH3 is 2. The Morgan fingerprint density at radius 2 is 1.72 bits per heavy atom. The Bertz CT molecular complexity index is 872. The van der Waals surface area contributed by atoms with Crippen molar-refractivity contribution >= 4 is 18.0 Å². The van der Waals surface area contributed by atoms with Gasteiger partial charge in [-0.2, -0.15) is 5.10 Å². The maximum atomic E-state index is 12.6. The number of hydrazone groups is 1. The molecule has 0 atom stereocenters. The van der Waals surface area contributed by atoms with Gasteiger partial charge >= 0.3 is 0 Å². The van der Waals surface area contributed by atoms with E-state index in [1.54, 1.807) is 49.6 Å². The molecule has 1 aliphatic heterocycles. The van der Waals surface area contributed by atoms with E-state index in [9.17, 15) is 9.59 Å². The molecule has 2 amide bonds. The van der Waals surface area contributed by atoms with E-state index in [4.69, 9.17) is 9.47 Å². The summed E-state index contributed by atoms with van der Waals surface area (Å²) in [5.74, 6) is 1.14. The fourth-order valence-electron chi connectivity index (χ4n) is 3.24. The zero-order chi connectivity index (χ0) is 20.6. The van der Waals surface area contributed by atoms with E-state index in [-0.39, 0.29) is 17.7 Å². The van der Waals surface area contributed by atoms with Crippen LogP contribution in [0.2, 0.25) is 0 Å². The molecule has 0 spiro atoms. The normalized spacial score (nSPS) is 14.6. The number of hydrogen-bond acceptors (Lipinski definition) is 5. The summed E-state index contributed by atoms with van der Waals surface area (Å²) in [6.07, 6.45) is 2.81. The summed E-state index contributed by atoms with van der Waals surface area (Å²) in [6, 6.07) is 14.5. The van der Waals surface area contributed by atoms with Crippen molar-refractivity contribution < 1.29 is 19.1 Å². The number of piperidine rings is 1. The average molecular weight is 395 g/mol. The van der Waals surface area contributed by atoms with Gasteiger partial charge in [0.25, 0.3) is 5.91 Å². The first-order valence-electron chi connectivity index (χ1n) is 9.51. The van der Waals surface area contributed by atoms with Crippen LogP contribution in [0.4, 0.5) is 0 Å². The molecule has 1 N–H and O–H groups in total. The van der Waals surface area contributed by atoms with Crippen LogP contribution in [-0.2, 0) is 4.79 Å². The van der Waals surface area contributed by atoms with Gasteiger partial charge in [-0.1, -0.05) is 12.1 Å². The van der Waals surface area contributed by atoms with E-state index in [2.05, 4.69) is 10.5 Å². The molecule has 152 valence electrons. The summed E-state index contributed by atoms with van der Waals surface area (Å²) in [4.78, 5) is 26.8. The Hall–Kier alpha value is -3.35. The van der Waals surface area contributed by atoms with Gasteiger partial charge in [0, 0.05) is 24.6 Å². The number of nitrogens with one attached hydrogen (secondary N) is 1. The molecule has 0 aliphatic carbocycles. The summed E-state index contributed by atoms with van der Waals surface area (Å²) in [6.45, 7) is 1.09. The highest BCUT2D eigenvalue weighted by Gasteiger charge is 2.27. The van der Waals surface area contributed by atoms with E-state index in [1.807, 2.05) is 24.3 Å². The minimum Gasteiger partial charge on any atom is -0.497 e. The molecular weight excluding hydrogens is 370 g/mol. The van der Waals surface area contributed by atoms with Crippen LogP contribution in [0.1, 0.15) is 28.8 Å². The van der Waals surface area contributed by atoms with Crippen LogP contribution in [0.5, 0.6) is 11.5 Å². The zero-order valence-electron chi connectivity index (χ0n) is 16.6. The second kappa shape index (κ2) is 9.73. The molecule has 1 heterocycles. The minimum atomic E-state index is -0.155. The van der Waals surface area contributed by atoms with Gasteiger partial charge in [-0.05, 0) is 54.8 Å². The minimum absolute atomic E-state index is 0.0254. The van der Waals surface area contributed by atoms with Gasteiger partial charge < -0.3 is 14.4 Å². The highest BCUT2D eigenvalue weighted by atomic mass is 16.5. The number of likely N-dealkylation sites (tertiary alicyclic amines) is 1. The Morgan fingerprint density at radius 3 is 2.38 bits per heavy atom. The molecule has 0 aromatic heterocycles. The molecule has 1 saturated heterocycles. The molecule has 0 bridgehead atoms. The topological polar surface area (TPSA) is 80.2 Å². The maximum Gasteiger partial charge on any atom is 0.253 e. The number of rotatable bonds is 6. The maximum absolute atomic E-state index is 12.6. The molecule has 0 radical (unpaired) electrons. The monoisotopic (exact) mass is 395 g/mol. The summed E-state index contributed by atoms with van der Waals surface area (Å²) in [5.41, 5.74) is 4.06. The third-order valence-electron chi connectivity index (χ3n) is 4.97. The third kappa shape index (κ3) is 5.34. The van der Waals surface area contributed by atoms with Crippen LogP contribution in [0.3, 0.4) is 0 Å². The standard InChI is InChI=1S/C22H25N3O4/c1-28-19-8-6-18(7-9-19)22(27)25-12-10-17(11-13-25)21(26)24-23-15-16-4-3-5-20(14-16)29-2/h3-9,14-15,17H,10-13H2,1-2H3,(H,24,26)/b23-15-. The SMILES string of the molecule is COc1ccc(C(=O)N2CCC(C(=O)N/N=C\c3cccc(OC)c3)CC2)cc1. The van der Waals surface area contributed by atoms with Crippen molar-refractivity contribution in [2.75, 3.05) is 27.3 Å². The van der Waals surface area contributed by atoms with E-state index < -0.39 is 0 Å². The summed E-state index contributed by atoms with van der Waals surface area (Å²) < 4.78 is 10.3. The van der Waals surface area contributed by atoms with Gasteiger partial charge in [-0.15, -0.1) is 0 Å². The van der Waals surface area contributed by atoms with E-state index >= 15 is 0 Å². The lowest BCUT2D eigenvalue weighted by atomic mass is 9.95. The molecule has 3 rings (SSSR count). The van der Waals surface area contributed by atoms with Crippen molar-refractivity contribution in [3.05, 3.63) is 59.7 Å². The van der Waals surface area contributed by atoms with Crippen LogP contribution in [0.15, 0.2) is 53.6 Å². The number of amides is 2. The first kappa shape index (κ1) is 20.4. The Kier molecular flexibility index (Phi) is 6.84. The fourth-order valence-corrected chi connectivity index (χ4v) is 3.24. The molecule has 0 saturated carbocycles. The van der Waals surface area contributed by atoms with E-state index in [1.165, 1.54) is 0 Å². The highest BCUT2D eigenvalue weighted by molar-refractivity contribution is 5.94. The first-order valence-corrected chi connectivity index (χ1v) is 9.51. The molecule has 0 unspecified atom stereocenters. The third-order valence-corrected chi connectivity index (χ3v) is 4.97. The molecule has 2 aromatic rings. The fraction of sp³-hybridized carbons (Fsp3) is 0.318. The number of carbonyl (C=O) groups excluding carboxylic acids is 2.